The maximum Gasteiger partial charge on any atom is 0.137 e. The first-order valence-electron chi connectivity index (χ1n) is 24.8. The molecule has 346 valence electrons. The molecule has 7 heteroatoms. The van der Waals surface area contributed by atoms with Crippen LogP contribution in [0.3, 0.4) is 0 Å². The molecule has 4 aromatic heterocycles. The number of benzene rings is 9. The molecule has 9 aromatic carbocycles. The fraction of sp³-hybridized carbons (Fsp3) is 0.0923. The van der Waals surface area contributed by atoms with Gasteiger partial charge in [-0.3, -0.25) is 4.57 Å². The van der Waals surface area contributed by atoms with Crippen LogP contribution in [0.4, 0.5) is 17.1 Å². The van der Waals surface area contributed by atoms with Crippen molar-refractivity contribution in [3.05, 3.63) is 223 Å². The first kappa shape index (κ1) is 41.9. The Morgan fingerprint density at radius 3 is 1.43 bits per heavy atom. The Balaban J connectivity index is 0.976. The number of para-hydroxylation sites is 7. The molecule has 0 saturated carbocycles. The fourth-order valence-corrected chi connectivity index (χ4v) is 11.9. The van der Waals surface area contributed by atoms with Crippen molar-refractivity contribution in [3.63, 3.8) is 0 Å². The van der Waals surface area contributed by atoms with Crippen molar-refractivity contribution in [1.29, 1.82) is 0 Å². The standard InChI is InChI=1S/C65H50N6O/c1-40-35-62(69-54-26-11-6-25-51(54)52-34-33-46(37-61(52)69)72-45-20-18-19-44(36-45)68-39-67(5)59-31-16-17-32-60(59)68)66-38-53(40)63-64(70-55-27-12-7-21-47(55)48-22-8-13-28-56(48)70)42(3)41(2)43(4)65(63)71-57-29-14-9-23-49(57)50-24-10-15-30-58(50)71/h6-38H,39H2,1-5H3. The minimum Gasteiger partial charge on any atom is -0.457 e. The highest BCUT2D eigenvalue weighted by molar-refractivity contribution is 6.13. The van der Waals surface area contributed by atoms with Gasteiger partial charge in [-0.15, -0.1) is 0 Å². The number of nitrogens with zero attached hydrogens (tertiary/aromatic N) is 6. The zero-order chi connectivity index (χ0) is 48.4. The number of aryl methyl sites for hydroxylation is 1. The molecular formula is C65H50N6O. The summed E-state index contributed by atoms with van der Waals surface area (Å²) >= 11 is 0. The molecule has 0 radical (unpaired) electrons. The highest BCUT2D eigenvalue weighted by atomic mass is 16.5. The molecule has 0 unspecified atom stereocenters. The summed E-state index contributed by atoms with van der Waals surface area (Å²) in [4.78, 5) is 10.1. The third-order valence-electron chi connectivity index (χ3n) is 15.5. The summed E-state index contributed by atoms with van der Waals surface area (Å²) in [6.45, 7) is 9.92. The molecule has 0 spiro atoms. The quantitative estimate of drug-likeness (QED) is 0.160. The summed E-state index contributed by atoms with van der Waals surface area (Å²) in [5, 5.41) is 7.22. The van der Waals surface area contributed by atoms with Gasteiger partial charge in [0.15, 0.2) is 0 Å². The van der Waals surface area contributed by atoms with Gasteiger partial charge in [-0.1, -0.05) is 109 Å². The number of pyridine rings is 1. The van der Waals surface area contributed by atoms with Gasteiger partial charge in [-0.25, -0.2) is 4.98 Å². The van der Waals surface area contributed by atoms with Crippen molar-refractivity contribution in [1.82, 2.24) is 18.7 Å². The van der Waals surface area contributed by atoms with Crippen LogP contribution < -0.4 is 14.5 Å². The van der Waals surface area contributed by atoms with Crippen LogP contribution >= 0.6 is 0 Å². The van der Waals surface area contributed by atoms with E-state index in [1.54, 1.807) is 0 Å². The Kier molecular flexibility index (Phi) is 9.29. The fourth-order valence-electron chi connectivity index (χ4n) is 11.9. The van der Waals surface area contributed by atoms with Crippen molar-refractivity contribution < 1.29 is 4.74 Å². The summed E-state index contributed by atoms with van der Waals surface area (Å²) in [5.41, 5.74) is 19.7. The largest absolute Gasteiger partial charge is 0.457 e. The van der Waals surface area contributed by atoms with E-state index in [0.29, 0.717) is 0 Å². The van der Waals surface area contributed by atoms with Crippen LogP contribution in [-0.4, -0.2) is 32.4 Å². The predicted octanol–water partition coefficient (Wildman–Crippen LogP) is 16.6. The average Bonchev–Trinajstić information content (AvgIpc) is 4.15. The van der Waals surface area contributed by atoms with Crippen molar-refractivity contribution in [3.8, 4) is 39.8 Å². The van der Waals surface area contributed by atoms with Crippen LogP contribution in [0.15, 0.2) is 200 Å². The normalized spacial score (nSPS) is 12.7. The van der Waals surface area contributed by atoms with Crippen LogP contribution in [0.25, 0.3) is 93.7 Å². The van der Waals surface area contributed by atoms with Gasteiger partial charge in [-0.05, 0) is 123 Å². The molecule has 14 rings (SSSR count). The smallest absolute Gasteiger partial charge is 0.137 e. The molecule has 0 aliphatic carbocycles. The zero-order valence-corrected chi connectivity index (χ0v) is 40.9. The van der Waals surface area contributed by atoms with E-state index in [1.165, 1.54) is 71.7 Å². The number of anilines is 3. The number of hydrogen-bond acceptors (Lipinski definition) is 4. The van der Waals surface area contributed by atoms with Gasteiger partial charge in [0.25, 0.3) is 0 Å². The van der Waals surface area contributed by atoms with Gasteiger partial charge in [0.2, 0.25) is 0 Å². The van der Waals surface area contributed by atoms with Crippen molar-refractivity contribution in [2.24, 2.45) is 0 Å². The molecule has 0 bridgehead atoms. The summed E-state index contributed by atoms with van der Waals surface area (Å²) in [7, 11) is 2.14. The summed E-state index contributed by atoms with van der Waals surface area (Å²) in [6.07, 6.45) is 2.13. The first-order valence-corrected chi connectivity index (χ1v) is 24.8. The van der Waals surface area contributed by atoms with Gasteiger partial charge in [0, 0.05) is 74.5 Å². The lowest BCUT2D eigenvalue weighted by Gasteiger charge is -2.27. The van der Waals surface area contributed by atoms with E-state index >= 15 is 0 Å². The molecule has 0 atom stereocenters. The van der Waals surface area contributed by atoms with E-state index in [4.69, 9.17) is 9.72 Å². The van der Waals surface area contributed by atoms with E-state index in [2.05, 4.69) is 252 Å². The lowest BCUT2D eigenvalue weighted by atomic mass is 9.89. The highest BCUT2D eigenvalue weighted by Gasteiger charge is 2.29. The third-order valence-corrected chi connectivity index (χ3v) is 15.5. The Morgan fingerprint density at radius 1 is 0.417 bits per heavy atom. The van der Waals surface area contributed by atoms with Gasteiger partial charge in [0.1, 0.15) is 17.3 Å². The monoisotopic (exact) mass is 930 g/mol. The maximum atomic E-state index is 6.76. The molecule has 72 heavy (non-hydrogen) atoms. The molecule has 0 N–H and O–H groups in total. The summed E-state index contributed by atoms with van der Waals surface area (Å²) in [6, 6.07) is 69.6. The zero-order valence-electron chi connectivity index (χ0n) is 40.9. The molecule has 5 heterocycles. The Bertz CT molecular complexity index is 4130. The Morgan fingerprint density at radius 2 is 0.889 bits per heavy atom. The number of rotatable bonds is 7. The predicted molar refractivity (Wildman–Crippen MR) is 300 cm³/mol. The van der Waals surface area contributed by atoms with E-state index in [9.17, 15) is 0 Å². The van der Waals surface area contributed by atoms with E-state index in [-0.39, 0.29) is 0 Å². The van der Waals surface area contributed by atoms with E-state index < -0.39 is 0 Å². The lowest BCUT2D eigenvalue weighted by Crippen LogP contribution is -2.23. The first-order chi connectivity index (χ1) is 35.3. The number of ether oxygens (including phenoxy) is 1. The second-order valence-electron chi connectivity index (χ2n) is 19.4. The molecular weight excluding hydrogens is 881 g/mol. The molecule has 1 aliphatic rings. The second kappa shape index (κ2) is 16.0. The molecule has 13 aromatic rings. The van der Waals surface area contributed by atoms with Crippen LogP contribution in [-0.2, 0) is 0 Å². The van der Waals surface area contributed by atoms with Gasteiger partial charge < -0.3 is 23.7 Å². The van der Waals surface area contributed by atoms with Crippen LogP contribution in [0.1, 0.15) is 22.3 Å². The van der Waals surface area contributed by atoms with Gasteiger partial charge in [-0.2, -0.15) is 0 Å². The SMILES string of the molecule is Cc1cc(-n2c3ccccc3c3ccc(Oc4cccc(N5CN(C)c6ccccc65)c4)cc32)ncc1-c1c(-n2c3ccccc3c3ccccc32)c(C)c(C)c(C)c1-n1c2ccccc2c2ccccc21. The molecule has 0 fully saturated rings. The third kappa shape index (κ3) is 6.13. The Hall–Kier alpha value is -9.07. The average molecular weight is 931 g/mol. The number of hydrogen-bond donors (Lipinski definition) is 0. The van der Waals surface area contributed by atoms with Crippen molar-refractivity contribution in [2.75, 3.05) is 23.5 Å². The summed E-state index contributed by atoms with van der Waals surface area (Å²) < 4.78 is 14.1. The second-order valence-corrected chi connectivity index (χ2v) is 19.4. The number of fused-ring (bicyclic) bond motifs is 10. The van der Waals surface area contributed by atoms with Crippen molar-refractivity contribution >= 4 is 82.5 Å². The minimum absolute atomic E-state index is 0.758. The lowest BCUT2D eigenvalue weighted by molar-refractivity contribution is 0.483. The molecule has 7 nitrogen and oxygen atoms in total. The van der Waals surface area contributed by atoms with E-state index in [0.717, 1.165) is 79.5 Å². The molecule has 1 aliphatic heterocycles. The Labute approximate surface area is 417 Å². The van der Waals surface area contributed by atoms with Gasteiger partial charge in [0.05, 0.1) is 62.5 Å². The summed E-state index contributed by atoms with van der Waals surface area (Å²) in [5.74, 6) is 2.38. The maximum absolute atomic E-state index is 6.76. The molecule has 0 amide bonds. The molecule has 0 saturated heterocycles. The van der Waals surface area contributed by atoms with Crippen LogP contribution in [0.2, 0.25) is 0 Å². The number of aromatic nitrogens is 4. The van der Waals surface area contributed by atoms with Crippen LogP contribution in [0, 0.1) is 27.7 Å². The van der Waals surface area contributed by atoms with Crippen molar-refractivity contribution in [2.45, 2.75) is 27.7 Å². The van der Waals surface area contributed by atoms with Crippen LogP contribution in [0.5, 0.6) is 11.5 Å². The highest BCUT2D eigenvalue weighted by Crippen LogP contribution is 2.48. The van der Waals surface area contributed by atoms with Gasteiger partial charge >= 0.3 is 0 Å². The topological polar surface area (TPSA) is 43.4 Å². The van der Waals surface area contributed by atoms with E-state index in [1.807, 2.05) is 6.07 Å². The minimum atomic E-state index is 0.758.